The van der Waals surface area contributed by atoms with Crippen molar-refractivity contribution in [1.29, 1.82) is 0 Å². The number of hydrogen-bond donors (Lipinski definition) is 0. The van der Waals surface area contributed by atoms with E-state index in [9.17, 15) is 9.59 Å². The van der Waals surface area contributed by atoms with E-state index in [0.717, 1.165) is 22.2 Å². The van der Waals surface area contributed by atoms with Crippen LogP contribution < -0.4 is 9.47 Å². The van der Waals surface area contributed by atoms with Crippen LogP contribution in [0.5, 0.6) is 11.5 Å². The minimum atomic E-state index is -0.468. The fourth-order valence-electron chi connectivity index (χ4n) is 4.81. The SMILES string of the molecule is CCCCCCCCCCCCCCCCOc1ccc(C(=O)Oc2ccc(C(=O)OCc3ccc(Br)cc3)cc2)cc1. The molecule has 0 N–H and O–H groups in total. The molecular weight excluding hydrogens is 604 g/mol. The van der Waals surface area contributed by atoms with E-state index in [0.29, 0.717) is 23.5 Å². The third-order valence-electron chi connectivity index (χ3n) is 7.44. The maximum Gasteiger partial charge on any atom is 0.343 e. The van der Waals surface area contributed by atoms with Gasteiger partial charge in [0.05, 0.1) is 17.7 Å². The van der Waals surface area contributed by atoms with Crippen molar-refractivity contribution in [3.63, 3.8) is 0 Å². The second kappa shape index (κ2) is 20.7. The van der Waals surface area contributed by atoms with Crippen LogP contribution >= 0.6 is 15.9 Å². The fourth-order valence-corrected chi connectivity index (χ4v) is 5.08. The lowest BCUT2D eigenvalue weighted by atomic mass is 10.0. The highest BCUT2D eigenvalue weighted by Crippen LogP contribution is 2.19. The van der Waals surface area contributed by atoms with Gasteiger partial charge in [-0.3, -0.25) is 0 Å². The highest BCUT2D eigenvalue weighted by Gasteiger charge is 2.12. The van der Waals surface area contributed by atoms with Crippen LogP contribution in [0.25, 0.3) is 0 Å². The lowest BCUT2D eigenvalue weighted by Crippen LogP contribution is -2.09. The van der Waals surface area contributed by atoms with Gasteiger partial charge in [0.25, 0.3) is 0 Å². The molecule has 3 rings (SSSR count). The Morgan fingerprint density at radius 3 is 1.56 bits per heavy atom. The van der Waals surface area contributed by atoms with Crippen LogP contribution in [0.3, 0.4) is 0 Å². The maximum atomic E-state index is 12.6. The first kappa shape index (κ1) is 34.4. The second-order valence-electron chi connectivity index (χ2n) is 11.1. The molecule has 0 bridgehead atoms. The summed E-state index contributed by atoms with van der Waals surface area (Å²) in [6.07, 6.45) is 18.7. The number of carbonyl (C=O) groups is 2. The highest BCUT2D eigenvalue weighted by atomic mass is 79.9. The van der Waals surface area contributed by atoms with Crippen molar-refractivity contribution < 1.29 is 23.8 Å². The Kier molecular flexibility index (Phi) is 16.6. The van der Waals surface area contributed by atoms with Crippen LogP contribution in [0.4, 0.5) is 0 Å². The Morgan fingerprint density at radius 2 is 1.02 bits per heavy atom. The first-order valence-electron chi connectivity index (χ1n) is 16.0. The number of halogens is 1. The van der Waals surface area contributed by atoms with Gasteiger partial charge >= 0.3 is 11.9 Å². The Morgan fingerprint density at radius 1 is 0.558 bits per heavy atom. The van der Waals surface area contributed by atoms with Crippen molar-refractivity contribution in [2.45, 2.75) is 103 Å². The summed E-state index contributed by atoms with van der Waals surface area (Å²) in [5.41, 5.74) is 1.72. The van der Waals surface area contributed by atoms with E-state index in [2.05, 4.69) is 22.9 Å². The molecule has 0 aromatic heterocycles. The molecule has 3 aromatic rings. The predicted molar refractivity (Wildman–Crippen MR) is 177 cm³/mol. The number of hydrogen-bond acceptors (Lipinski definition) is 5. The van der Waals surface area contributed by atoms with Crippen molar-refractivity contribution in [1.82, 2.24) is 0 Å². The molecule has 0 heterocycles. The molecule has 0 spiro atoms. The van der Waals surface area contributed by atoms with Crippen LogP contribution in [0, 0.1) is 0 Å². The van der Waals surface area contributed by atoms with Crippen molar-refractivity contribution in [2.75, 3.05) is 6.61 Å². The predicted octanol–water partition coefficient (Wildman–Crippen LogP) is 10.9. The molecule has 0 saturated heterocycles. The van der Waals surface area contributed by atoms with E-state index in [1.54, 1.807) is 48.5 Å². The normalized spacial score (nSPS) is 10.8. The minimum absolute atomic E-state index is 0.183. The highest BCUT2D eigenvalue weighted by molar-refractivity contribution is 9.10. The van der Waals surface area contributed by atoms with E-state index in [1.807, 2.05) is 24.3 Å². The summed E-state index contributed by atoms with van der Waals surface area (Å²) < 4.78 is 17.7. The van der Waals surface area contributed by atoms with Crippen LogP contribution in [-0.4, -0.2) is 18.5 Å². The molecule has 0 radical (unpaired) electrons. The standard InChI is InChI=1S/C37H47BrO5/c1-2-3-4-5-6-7-8-9-10-11-12-13-14-15-28-41-34-24-18-32(19-25-34)37(40)43-35-26-20-31(21-27-35)36(39)42-29-30-16-22-33(38)23-17-30/h16-27H,2-15,28-29H2,1H3. The lowest BCUT2D eigenvalue weighted by molar-refractivity contribution is 0.0472. The molecule has 3 aromatic carbocycles. The van der Waals surface area contributed by atoms with Gasteiger partial charge in [-0.25, -0.2) is 9.59 Å². The molecule has 5 nitrogen and oxygen atoms in total. The maximum absolute atomic E-state index is 12.6. The van der Waals surface area contributed by atoms with E-state index >= 15 is 0 Å². The monoisotopic (exact) mass is 650 g/mol. The minimum Gasteiger partial charge on any atom is -0.494 e. The summed E-state index contributed by atoms with van der Waals surface area (Å²) in [7, 11) is 0. The summed E-state index contributed by atoms with van der Waals surface area (Å²) >= 11 is 3.38. The molecule has 0 aliphatic heterocycles. The van der Waals surface area contributed by atoms with Crippen molar-refractivity contribution in [2.24, 2.45) is 0 Å². The molecule has 0 saturated carbocycles. The Labute approximate surface area is 266 Å². The molecule has 6 heteroatoms. The van der Waals surface area contributed by atoms with Gasteiger partial charge in [-0.2, -0.15) is 0 Å². The quantitative estimate of drug-likeness (QED) is 0.0652. The van der Waals surface area contributed by atoms with E-state index < -0.39 is 11.9 Å². The summed E-state index contributed by atoms with van der Waals surface area (Å²) in [6.45, 7) is 3.13. The smallest absolute Gasteiger partial charge is 0.343 e. The van der Waals surface area contributed by atoms with Crippen LogP contribution in [0.1, 0.15) is 123 Å². The molecular formula is C37H47BrO5. The zero-order chi connectivity index (χ0) is 30.5. The number of carbonyl (C=O) groups excluding carboxylic acids is 2. The number of rotatable bonds is 21. The van der Waals surface area contributed by atoms with Gasteiger partial charge < -0.3 is 14.2 Å². The summed E-state index contributed by atoms with van der Waals surface area (Å²) in [5.74, 6) is 0.194. The third kappa shape index (κ3) is 14.3. The van der Waals surface area contributed by atoms with Gasteiger partial charge in [0, 0.05) is 4.47 Å². The third-order valence-corrected chi connectivity index (χ3v) is 7.97. The Bertz CT molecular complexity index is 1190. The number of ether oxygens (including phenoxy) is 3. The average Bonchev–Trinajstić information content (AvgIpc) is 3.03. The molecule has 0 aliphatic carbocycles. The molecule has 0 atom stereocenters. The van der Waals surface area contributed by atoms with Gasteiger partial charge in [0.2, 0.25) is 0 Å². The molecule has 43 heavy (non-hydrogen) atoms. The number of benzene rings is 3. The Hall–Kier alpha value is -3.12. The van der Waals surface area contributed by atoms with Gasteiger partial charge in [0.1, 0.15) is 18.1 Å². The van der Waals surface area contributed by atoms with Crippen LogP contribution in [-0.2, 0) is 11.3 Å². The summed E-state index contributed by atoms with van der Waals surface area (Å²) in [5, 5.41) is 0. The molecule has 0 aliphatic rings. The van der Waals surface area contributed by atoms with E-state index in [1.165, 1.54) is 83.5 Å². The summed E-state index contributed by atoms with van der Waals surface area (Å²) in [4.78, 5) is 24.9. The lowest BCUT2D eigenvalue weighted by Gasteiger charge is -2.08. The average molecular weight is 652 g/mol. The largest absolute Gasteiger partial charge is 0.494 e. The number of unbranched alkanes of at least 4 members (excludes halogenated alkanes) is 13. The molecule has 0 fully saturated rings. The van der Waals surface area contributed by atoms with Gasteiger partial charge in [-0.05, 0) is 72.6 Å². The zero-order valence-electron chi connectivity index (χ0n) is 25.7. The zero-order valence-corrected chi connectivity index (χ0v) is 27.2. The van der Waals surface area contributed by atoms with Crippen molar-refractivity contribution >= 4 is 27.9 Å². The number of esters is 2. The first-order chi connectivity index (χ1) is 21.0. The van der Waals surface area contributed by atoms with Crippen LogP contribution in [0.2, 0.25) is 0 Å². The molecule has 0 unspecified atom stereocenters. The van der Waals surface area contributed by atoms with Gasteiger partial charge in [-0.1, -0.05) is 118 Å². The van der Waals surface area contributed by atoms with Gasteiger partial charge in [-0.15, -0.1) is 0 Å². The van der Waals surface area contributed by atoms with E-state index in [4.69, 9.17) is 14.2 Å². The topological polar surface area (TPSA) is 61.8 Å². The summed E-state index contributed by atoms with van der Waals surface area (Å²) in [6, 6.07) is 20.9. The fraction of sp³-hybridized carbons (Fsp3) is 0.459. The molecule has 0 amide bonds. The van der Waals surface area contributed by atoms with Crippen LogP contribution in [0.15, 0.2) is 77.3 Å². The second-order valence-corrected chi connectivity index (χ2v) is 12.0. The van der Waals surface area contributed by atoms with Crippen molar-refractivity contribution in [3.05, 3.63) is 94.0 Å². The van der Waals surface area contributed by atoms with E-state index in [-0.39, 0.29) is 6.61 Å². The van der Waals surface area contributed by atoms with Crippen molar-refractivity contribution in [3.8, 4) is 11.5 Å². The molecule has 232 valence electrons. The van der Waals surface area contributed by atoms with Gasteiger partial charge in [0.15, 0.2) is 0 Å². The first-order valence-corrected chi connectivity index (χ1v) is 16.8. The Balaban J connectivity index is 1.24.